The quantitative estimate of drug-likeness (QED) is 0.867. The third kappa shape index (κ3) is 3.66. The average Bonchev–Trinajstić information content (AvgIpc) is 2.69. The van der Waals surface area contributed by atoms with E-state index in [1.165, 1.54) is 0 Å². The van der Waals surface area contributed by atoms with E-state index in [1.807, 2.05) is 60.7 Å². The second kappa shape index (κ2) is 7.84. The largest absolute Gasteiger partial charge is 0.385 e. The lowest BCUT2D eigenvalue weighted by Crippen LogP contribution is -2.62. The highest BCUT2D eigenvalue weighted by atomic mass is 16.7. The molecule has 2 saturated heterocycles. The summed E-state index contributed by atoms with van der Waals surface area (Å²) >= 11 is 0. The van der Waals surface area contributed by atoms with Crippen LogP contribution in [0.15, 0.2) is 60.7 Å². The molecule has 0 aromatic heterocycles. The Morgan fingerprint density at radius 2 is 1.62 bits per heavy atom. The van der Waals surface area contributed by atoms with Gasteiger partial charge in [-0.2, -0.15) is 0 Å². The molecule has 138 valence electrons. The Hall–Kier alpha value is -1.80. The zero-order valence-electron chi connectivity index (χ0n) is 14.2. The van der Waals surface area contributed by atoms with Crippen molar-refractivity contribution in [2.75, 3.05) is 6.61 Å². The van der Waals surface area contributed by atoms with E-state index in [4.69, 9.17) is 18.9 Å². The van der Waals surface area contributed by atoms with Gasteiger partial charge in [-0.05, 0) is 5.56 Å². The maximum absolute atomic E-state index is 10.4. The predicted molar refractivity (Wildman–Crippen MR) is 91.9 cm³/mol. The smallest absolute Gasteiger partial charge is 0.184 e. The maximum Gasteiger partial charge on any atom is 0.184 e. The van der Waals surface area contributed by atoms with Crippen LogP contribution in [0.4, 0.5) is 0 Å². The molecule has 0 bridgehead atoms. The highest BCUT2D eigenvalue weighted by Gasteiger charge is 2.49. The molecule has 2 N–H and O–H groups in total. The van der Waals surface area contributed by atoms with Crippen LogP contribution in [0.5, 0.6) is 0 Å². The molecule has 26 heavy (non-hydrogen) atoms. The SMILES string of the molecule is O[C@@H]1[C@@H](OCc2ccccc2)[C@@H]2OC(c3ccccc3)OC[C@H]2O[C@H]1O. The van der Waals surface area contributed by atoms with Crippen LogP contribution in [0.3, 0.4) is 0 Å². The van der Waals surface area contributed by atoms with Crippen molar-refractivity contribution in [1.82, 2.24) is 0 Å². The molecule has 0 spiro atoms. The fraction of sp³-hybridized carbons (Fsp3) is 0.400. The number of ether oxygens (including phenoxy) is 4. The Morgan fingerprint density at radius 3 is 2.35 bits per heavy atom. The van der Waals surface area contributed by atoms with Gasteiger partial charge in [-0.15, -0.1) is 0 Å². The molecular weight excluding hydrogens is 336 g/mol. The molecule has 0 aliphatic carbocycles. The number of hydrogen-bond acceptors (Lipinski definition) is 6. The summed E-state index contributed by atoms with van der Waals surface area (Å²) in [7, 11) is 0. The van der Waals surface area contributed by atoms with Gasteiger partial charge in [0.1, 0.15) is 24.4 Å². The van der Waals surface area contributed by atoms with E-state index >= 15 is 0 Å². The molecule has 2 aromatic rings. The fourth-order valence-corrected chi connectivity index (χ4v) is 3.31. The number of aliphatic hydroxyl groups is 2. The van der Waals surface area contributed by atoms with E-state index in [0.717, 1.165) is 11.1 Å². The molecule has 2 aliphatic rings. The molecule has 6 atom stereocenters. The highest BCUT2D eigenvalue weighted by Crippen LogP contribution is 2.35. The summed E-state index contributed by atoms with van der Waals surface area (Å²) in [6, 6.07) is 19.2. The molecule has 2 heterocycles. The second-order valence-corrected chi connectivity index (χ2v) is 6.49. The molecule has 6 heteroatoms. The highest BCUT2D eigenvalue weighted by molar-refractivity contribution is 5.17. The van der Waals surface area contributed by atoms with Gasteiger partial charge >= 0.3 is 0 Å². The van der Waals surface area contributed by atoms with Crippen LogP contribution < -0.4 is 0 Å². The molecule has 2 fully saturated rings. The lowest BCUT2D eigenvalue weighted by atomic mass is 9.97. The Morgan fingerprint density at radius 1 is 0.923 bits per heavy atom. The van der Waals surface area contributed by atoms with Crippen LogP contribution in [0.25, 0.3) is 0 Å². The van der Waals surface area contributed by atoms with Crippen LogP contribution in [-0.2, 0) is 25.6 Å². The molecule has 6 nitrogen and oxygen atoms in total. The Labute approximate surface area is 151 Å². The lowest BCUT2D eigenvalue weighted by Gasteiger charge is -2.46. The Balaban J connectivity index is 1.50. The van der Waals surface area contributed by atoms with Crippen LogP contribution in [-0.4, -0.2) is 47.5 Å². The first-order valence-corrected chi connectivity index (χ1v) is 8.71. The number of benzene rings is 2. The fourth-order valence-electron chi connectivity index (χ4n) is 3.31. The first-order valence-electron chi connectivity index (χ1n) is 8.71. The number of fused-ring (bicyclic) bond motifs is 1. The summed E-state index contributed by atoms with van der Waals surface area (Å²) in [6.07, 6.45) is -4.87. The van der Waals surface area contributed by atoms with Gasteiger partial charge in [0.2, 0.25) is 0 Å². The number of rotatable bonds is 4. The van der Waals surface area contributed by atoms with E-state index in [9.17, 15) is 10.2 Å². The van der Waals surface area contributed by atoms with Crippen molar-refractivity contribution in [3.8, 4) is 0 Å². The van der Waals surface area contributed by atoms with E-state index in [-0.39, 0.29) is 6.61 Å². The molecule has 1 unspecified atom stereocenters. The summed E-state index contributed by atoms with van der Waals surface area (Å²) in [5, 5.41) is 20.4. The monoisotopic (exact) mass is 358 g/mol. The minimum absolute atomic E-state index is 0.249. The van der Waals surface area contributed by atoms with Crippen molar-refractivity contribution in [3.05, 3.63) is 71.8 Å². The first-order chi connectivity index (χ1) is 12.7. The molecule has 2 aliphatic heterocycles. The lowest BCUT2D eigenvalue weighted by molar-refractivity contribution is -0.360. The van der Waals surface area contributed by atoms with E-state index in [2.05, 4.69) is 0 Å². The zero-order chi connectivity index (χ0) is 17.9. The predicted octanol–water partition coefficient (Wildman–Crippen LogP) is 1.76. The third-order valence-corrected chi connectivity index (χ3v) is 4.68. The summed E-state index contributed by atoms with van der Waals surface area (Å²) in [5.41, 5.74) is 1.86. The topological polar surface area (TPSA) is 77.4 Å². The van der Waals surface area contributed by atoms with Crippen LogP contribution >= 0.6 is 0 Å². The summed E-state index contributed by atoms with van der Waals surface area (Å²) in [4.78, 5) is 0. The summed E-state index contributed by atoms with van der Waals surface area (Å²) in [5.74, 6) is 0. The molecular formula is C20H22O6. The molecule has 0 radical (unpaired) electrons. The molecule has 0 amide bonds. The zero-order valence-corrected chi connectivity index (χ0v) is 14.2. The summed E-state index contributed by atoms with van der Waals surface area (Å²) in [6.45, 7) is 0.554. The van der Waals surface area contributed by atoms with Gasteiger partial charge in [-0.1, -0.05) is 60.7 Å². The van der Waals surface area contributed by atoms with Gasteiger partial charge in [-0.3, -0.25) is 0 Å². The van der Waals surface area contributed by atoms with Crippen molar-refractivity contribution in [3.63, 3.8) is 0 Å². The number of aliphatic hydroxyl groups excluding tert-OH is 2. The number of hydrogen-bond donors (Lipinski definition) is 2. The Kier molecular flexibility index (Phi) is 5.31. The van der Waals surface area contributed by atoms with E-state index in [1.54, 1.807) is 0 Å². The third-order valence-electron chi connectivity index (χ3n) is 4.68. The van der Waals surface area contributed by atoms with Crippen molar-refractivity contribution in [2.24, 2.45) is 0 Å². The van der Waals surface area contributed by atoms with Crippen molar-refractivity contribution in [1.29, 1.82) is 0 Å². The van der Waals surface area contributed by atoms with Crippen molar-refractivity contribution in [2.45, 2.75) is 43.6 Å². The normalized spacial score (nSPS) is 34.2. The first kappa shape index (κ1) is 17.6. The molecule has 4 rings (SSSR count). The van der Waals surface area contributed by atoms with Gasteiger partial charge in [0, 0.05) is 5.56 Å². The molecule has 2 aromatic carbocycles. The molecule has 0 saturated carbocycles. The minimum Gasteiger partial charge on any atom is -0.385 e. The second-order valence-electron chi connectivity index (χ2n) is 6.49. The van der Waals surface area contributed by atoms with Crippen LogP contribution in [0, 0.1) is 0 Å². The van der Waals surface area contributed by atoms with Gasteiger partial charge in [0.15, 0.2) is 12.6 Å². The van der Waals surface area contributed by atoms with Crippen LogP contribution in [0.1, 0.15) is 17.4 Å². The Bertz CT molecular complexity index is 694. The average molecular weight is 358 g/mol. The summed E-state index contributed by atoms with van der Waals surface area (Å²) < 4.78 is 23.2. The minimum atomic E-state index is -1.34. The van der Waals surface area contributed by atoms with Gasteiger partial charge in [-0.25, -0.2) is 0 Å². The standard InChI is InChI=1S/C20H22O6/c21-16-18(23-11-13-7-3-1-4-8-13)17-15(25-19(16)22)12-24-20(26-17)14-9-5-2-6-10-14/h1-10,15-22H,11-12H2/t15-,16-,17-,18-,19-,20?/m1/s1. The van der Waals surface area contributed by atoms with Crippen molar-refractivity contribution >= 4 is 0 Å². The maximum atomic E-state index is 10.4. The van der Waals surface area contributed by atoms with Crippen LogP contribution in [0.2, 0.25) is 0 Å². The van der Waals surface area contributed by atoms with E-state index < -0.39 is 37.0 Å². The van der Waals surface area contributed by atoms with Crippen molar-refractivity contribution < 1.29 is 29.2 Å². The van der Waals surface area contributed by atoms with Gasteiger partial charge in [0.25, 0.3) is 0 Å². The van der Waals surface area contributed by atoms with E-state index in [0.29, 0.717) is 6.61 Å². The van der Waals surface area contributed by atoms with Gasteiger partial charge in [0.05, 0.1) is 13.2 Å². The van der Waals surface area contributed by atoms with Gasteiger partial charge < -0.3 is 29.2 Å².